The van der Waals surface area contributed by atoms with Gasteiger partial charge in [-0.25, -0.2) is 18.7 Å². The second-order valence-corrected chi connectivity index (χ2v) is 5.11. The Morgan fingerprint density at radius 3 is 2.84 bits per heavy atom. The van der Waals surface area contributed by atoms with Crippen LogP contribution in [0.25, 0.3) is 11.0 Å². The summed E-state index contributed by atoms with van der Waals surface area (Å²) < 4.78 is 28.5. The Bertz CT molecular complexity index is 763. The van der Waals surface area contributed by atoms with Crippen LogP contribution in [-0.4, -0.2) is 14.5 Å². The van der Waals surface area contributed by atoms with Crippen molar-refractivity contribution in [2.75, 3.05) is 5.73 Å². The van der Waals surface area contributed by atoms with Gasteiger partial charge in [0.2, 0.25) is 5.95 Å². The van der Waals surface area contributed by atoms with Crippen LogP contribution in [0.5, 0.6) is 0 Å². The van der Waals surface area contributed by atoms with Gasteiger partial charge in [0.05, 0.1) is 23.3 Å². The zero-order valence-electron chi connectivity index (χ0n) is 10.0. The lowest BCUT2D eigenvalue weighted by molar-refractivity contribution is 0.590. The number of aryl methyl sites for hydroxylation is 1. The van der Waals surface area contributed by atoms with Gasteiger partial charge in [-0.1, -0.05) is 0 Å². The molecule has 0 fully saturated rings. The number of halogens is 2. The van der Waals surface area contributed by atoms with Gasteiger partial charge in [0, 0.05) is 17.0 Å². The summed E-state index contributed by atoms with van der Waals surface area (Å²) in [6, 6.07) is 2.04. The minimum absolute atomic E-state index is 0.0843. The van der Waals surface area contributed by atoms with E-state index in [2.05, 4.69) is 9.97 Å². The molecule has 4 nitrogen and oxygen atoms in total. The van der Waals surface area contributed by atoms with Gasteiger partial charge < -0.3 is 10.3 Å². The number of hydrogen-bond acceptors (Lipinski definition) is 4. The number of aromatic nitrogens is 3. The predicted molar refractivity (Wildman–Crippen MR) is 70.0 cm³/mol. The first kappa shape index (κ1) is 12.0. The normalized spacial score (nSPS) is 11.3. The molecule has 0 unspecified atom stereocenters. The van der Waals surface area contributed by atoms with Crippen LogP contribution in [-0.2, 0) is 6.54 Å². The Kier molecular flexibility index (Phi) is 2.70. The van der Waals surface area contributed by atoms with Crippen molar-refractivity contribution in [3.05, 3.63) is 39.8 Å². The van der Waals surface area contributed by atoms with Crippen molar-refractivity contribution in [1.29, 1.82) is 0 Å². The third-order valence-electron chi connectivity index (χ3n) is 2.95. The molecule has 2 aromatic heterocycles. The zero-order chi connectivity index (χ0) is 13.6. The van der Waals surface area contributed by atoms with Gasteiger partial charge in [0.25, 0.3) is 0 Å². The summed E-state index contributed by atoms with van der Waals surface area (Å²) in [5.41, 5.74) is 8.82. The SMILES string of the molecule is Cc1ncsc1Cn1c(N)nc2c(F)cc(F)cc21. The van der Waals surface area contributed by atoms with Crippen molar-refractivity contribution in [2.45, 2.75) is 13.5 Å². The monoisotopic (exact) mass is 280 g/mol. The Labute approximate surface area is 111 Å². The van der Waals surface area contributed by atoms with E-state index in [9.17, 15) is 8.78 Å². The van der Waals surface area contributed by atoms with Crippen LogP contribution >= 0.6 is 11.3 Å². The molecular weight excluding hydrogens is 270 g/mol. The minimum Gasteiger partial charge on any atom is -0.369 e. The molecule has 2 N–H and O–H groups in total. The number of nitrogens with two attached hydrogens (primary N) is 1. The first-order valence-electron chi connectivity index (χ1n) is 5.56. The van der Waals surface area contributed by atoms with Crippen LogP contribution in [0.15, 0.2) is 17.6 Å². The molecule has 7 heteroatoms. The highest BCUT2D eigenvalue weighted by molar-refractivity contribution is 7.09. The van der Waals surface area contributed by atoms with Crippen molar-refractivity contribution in [1.82, 2.24) is 14.5 Å². The average Bonchev–Trinajstić information content (AvgIpc) is 2.87. The first-order chi connectivity index (χ1) is 9.06. The lowest BCUT2D eigenvalue weighted by Crippen LogP contribution is -2.04. The Balaban J connectivity index is 2.18. The molecule has 1 aromatic carbocycles. The molecule has 0 atom stereocenters. The first-order valence-corrected chi connectivity index (χ1v) is 6.44. The summed E-state index contributed by atoms with van der Waals surface area (Å²) in [5.74, 6) is -1.19. The topological polar surface area (TPSA) is 56.7 Å². The summed E-state index contributed by atoms with van der Waals surface area (Å²) in [7, 11) is 0. The lowest BCUT2D eigenvalue weighted by Gasteiger charge is -2.05. The van der Waals surface area contributed by atoms with E-state index < -0.39 is 11.6 Å². The Morgan fingerprint density at radius 1 is 1.37 bits per heavy atom. The number of anilines is 1. The van der Waals surface area contributed by atoms with Gasteiger partial charge in [0.1, 0.15) is 11.3 Å². The minimum atomic E-state index is -0.707. The molecule has 2 heterocycles. The molecule has 0 aliphatic carbocycles. The van der Waals surface area contributed by atoms with E-state index in [1.54, 1.807) is 10.1 Å². The van der Waals surface area contributed by atoms with Gasteiger partial charge in [-0.3, -0.25) is 0 Å². The maximum atomic E-state index is 13.6. The molecule has 19 heavy (non-hydrogen) atoms. The third kappa shape index (κ3) is 1.95. The molecule has 0 spiro atoms. The van der Waals surface area contributed by atoms with E-state index in [-0.39, 0.29) is 11.5 Å². The molecule has 0 bridgehead atoms. The maximum Gasteiger partial charge on any atom is 0.201 e. The molecule has 3 aromatic rings. The van der Waals surface area contributed by atoms with Crippen LogP contribution in [0.3, 0.4) is 0 Å². The van der Waals surface area contributed by atoms with Crippen molar-refractivity contribution < 1.29 is 8.78 Å². The average molecular weight is 280 g/mol. The van der Waals surface area contributed by atoms with E-state index >= 15 is 0 Å². The summed E-state index contributed by atoms with van der Waals surface area (Å²) in [6.45, 7) is 2.28. The number of fused-ring (bicyclic) bond motifs is 1. The summed E-state index contributed by atoms with van der Waals surface area (Å²) in [4.78, 5) is 9.07. The van der Waals surface area contributed by atoms with Crippen molar-refractivity contribution in [3.8, 4) is 0 Å². The fourth-order valence-corrected chi connectivity index (χ4v) is 2.72. The second kappa shape index (κ2) is 4.27. The summed E-state index contributed by atoms with van der Waals surface area (Å²) >= 11 is 1.47. The van der Waals surface area contributed by atoms with Gasteiger partial charge >= 0.3 is 0 Å². The van der Waals surface area contributed by atoms with Gasteiger partial charge in [-0.15, -0.1) is 11.3 Å². The number of nitrogens with zero attached hydrogens (tertiary/aromatic N) is 3. The largest absolute Gasteiger partial charge is 0.369 e. The summed E-state index contributed by atoms with van der Waals surface area (Å²) in [6.07, 6.45) is 0. The summed E-state index contributed by atoms with van der Waals surface area (Å²) in [5, 5.41) is 0. The molecule has 3 rings (SSSR count). The number of benzene rings is 1. The third-order valence-corrected chi connectivity index (χ3v) is 3.87. The van der Waals surface area contributed by atoms with Crippen LogP contribution in [0, 0.1) is 18.6 Å². The van der Waals surface area contributed by atoms with E-state index in [1.807, 2.05) is 6.92 Å². The predicted octanol–water partition coefficient (Wildman–Crippen LogP) is 2.71. The quantitative estimate of drug-likeness (QED) is 0.785. The van der Waals surface area contributed by atoms with Crippen LogP contribution in [0.2, 0.25) is 0 Å². The standard InChI is InChI=1S/C12H10F2N4S/c1-6-10(19-5-16-6)4-18-9-3-7(13)2-8(14)11(9)17-12(18)15/h2-3,5H,4H2,1H3,(H2,15,17). The molecule has 0 saturated heterocycles. The molecule has 98 valence electrons. The number of hydrogen-bond donors (Lipinski definition) is 1. The Hall–Kier alpha value is -2.02. The highest BCUT2D eigenvalue weighted by Crippen LogP contribution is 2.24. The van der Waals surface area contributed by atoms with E-state index in [0.717, 1.165) is 16.6 Å². The fourth-order valence-electron chi connectivity index (χ4n) is 1.95. The molecule has 0 aliphatic heterocycles. The molecule has 0 saturated carbocycles. The van der Waals surface area contributed by atoms with Crippen LogP contribution < -0.4 is 5.73 Å². The van der Waals surface area contributed by atoms with Crippen LogP contribution in [0.4, 0.5) is 14.7 Å². The number of imidazole rings is 1. The van der Waals surface area contributed by atoms with Crippen LogP contribution in [0.1, 0.15) is 10.6 Å². The number of nitrogen functional groups attached to an aromatic ring is 1. The number of rotatable bonds is 2. The molecule has 0 amide bonds. The second-order valence-electron chi connectivity index (χ2n) is 4.17. The van der Waals surface area contributed by atoms with Gasteiger partial charge in [-0.2, -0.15) is 0 Å². The smallest absolute Gasteiger partial charge is 0.201 e. The molecular formula is C12H10F2N4S. The lowest BCUT2D eigenvalue weighted by atomic mass is 10.3. The molecule has 0 radical (unpaired) electrons. The highest BCUT2D eigenvalue weighted by atomic mass is 32.1. The van der Waals surface area contributed by atoms with Crippen molar-refractivity contribution >= 4 is 28.3 Å². The Morgan fingerprint density at radius 2 is 2.16 bits per heavy atom. The maximum absolute atomic E-state index is 13.6. The molecule has 0 aliphatic rings. The van der Waals surface area contributed by atoms with Crippen molar-refractivity contribution in [2.24, 2.45) is 0 Å². The van der Waals surface area contributed by atoms with Crippen molar-refractivity contribution in [3.63, 3.8) is 0 Å². The van der Waals surface area contributed by atoms with E-state index in [4.69, 9.17) is 5.73 Å². The van der Waals surface area contributed by atoms with Gasteiger partial charge in [0.15, 0.2) is 5.82 Å². The zero-order valence-corrected chi connectivity index (χ0v) is 10.8. The van der Waals surface area contributed by atoms with Gasteiger partial charge in [-0.05, 0) is 6.92 Å². The van der Waals surface area contributed by atoms with E-state index in [1.165, 1.54) is 17.4 Å². The number of thiazole rings is 1. The fraction of sp³-hybridized carbons (Fsp3) is 0.167. The van der Waals surface area contributed by atoms with E-state index in [0.29, 0.717) is 12.1 Å². The highest BCUT2D eigenvalue weighted by Gasteiger charge is 2.15.